The Labute approximate surface area is 150 Å². The summed E-state index contributed by atoms with van der Waals surface area (Å²) in [6.07, 6.45) is 12.9. The minimum Gasteiger partial charge on any atom is -0.285 e. The van der Waals surface area contributed by atoms with Gasteiger partial charge in [-0.15, -0.1) is 0 Å². The van der Waals surface area contributed by atoms with Crippen LogP contribution in [0.2, 0.25) is 0 Å². The van der Waals surface area contributed by atoms with Crippen molar-refractivity contribution in [2.24, 2.45) is 0 Å². The second-order valence-electron chi connectivity index (χ2n) is 6.30. The van der Waals surface area contributed by atoms with Crippen molar-refractivity contribution in [2.75, 3.05) is 13.2 Å². The van der Waals surface area contributed by atoms with Gasteiger partial charge in [0.1, 0.15) is 6.61 Å². The molecule has 0 spiro atoms. The van der Waals surface area contributed by atoms with E-state index in [-0.39, 0.29) is 13.2 Å². The molecule has 1 aliphatic heterocycles. The molecule has 150 valence electrons. The molecule has 1 heterocycles. The molecule has 1 saturated heterocycles. The topological polar surface area (TPSA) is 81.7 Å². The van der Waals surface area contributed by atoms with Crippen molar-refractivity contribution in [2.45, 2.75) is 90.6 Å². The van der Waals surface area contributed by atoms with E-state index in [4.69, 9.17) is 9.05 Å². The van der Waals surface area contributed by atoms with Gasteiger partial charge in [-0.3, -0.25) is 9.05 Å². The van der Waals surface area contributed by atoms with Crippen LogP contribution in [0.25, 0.3) is 0 Å². The van der Waals surface area contributed by atoms with E-state index >= 15 is 0 Å². The highest BCUT2D eigenvalue weighted by Crippen LogP contribution is 2.51. The maximum Gasteiger partial charge on any atom is 0.504 e. The van der Waals surface area contributed by atoms with E-state index in [0.29, 0.717) is 0 Å². The van der Waals surface area contributed by atoms with E-state index in [1.54, 1.807) is 6.92 Å². The highest BCUT2D eigenvalue weighted by atomic mass is 31.2. The Bertz CT molecular complexity index is 355. The number of hydrogen-bond donors (Lipinski definition) is 0. The maximum absolute atomic E-state index is 12.3. The number of unbranched alkanes of at least 4 members (excludes halogenated alkanes) is 10. The molecule has 0 aromatic carbocycles. The molecule has 0 radical (unpaired) electrons. The van der Waals surface area contributed by atoms with Gasteiger partial charge in [0.2, 0.25) is 0 Å². The first-order chi connectivity index (χ1) is 12.2. The van der Waals surface area contributed by atoms with Crippen LogP contribution in [0.15, 0.2) is 0 Å². The van der Waals surface area contributed by atoms with Crippen LogP contribution < -0.4 is 0 Å². The molecule has 0 amide bonds. The SMILES string of the molecule is CCCCCCCCCCCCCOP1(=O)OOOOOCC(C)O1. The van der Waals surface area contributed by atoms with E-state index in [9.17, 15) is 4.57 Å². The van der Waals surface area contributed by atoms with Crippen molar-refractivity contribution in [3.05, 3.63) is 0 Å². The average Bonchev–Trinajstić information content (AvgIpc) is 2.66. The molecular formula is C16H33O8P. The minimum atomic E-state index is -3.86. The Balaban J connectivity index is 1.99. The summed E-state index contributed by atoms with van der Waals surface area (Å²) in [5.74, 6) is 0. The van der Waals surface area contributed by atoms with Crippen LogP contribution in [0.4, 0.5) is 0 Å². The second-order valence-corrected chi connectivity index (χ2v) is 7.81. The minimum absolute atomic E-state index is 0.00147. The summed E-state index contributed by atoms with van der Waals surface area (Å²) in [4.78, 5) is 4.55. The fraction of sp³-hybridized carbons (Fsp3) is 1.00. The fourth-order valence-corrected chi connectivity index (χ4v) is 3.56. The molecule has 1 fully saturated rings. The van der Waals surface area contributed by atoms with E-state index in [1.807, 2.05) is 0 Å². The normalized spacial score (nSPS) is 25.3. The number of phosphoric ester groups is 1. The lowest BCUT2D eigenvalue weighted by Gasteiger charge is -2.17. The number of rotatable bonds is 13. The molecule has 2 atom stereocenters. The van der Waals surface area contributed by atoms with Crippen LogP contribution in [0.5, 0.6) is 0 Å². The van der Waals surface area contributed by atoms with Gasteiger partial charge in [-0.25, -0.2) is 9.45 Å². The predicted octanol–water partition coefficient (Wildman–Crippen LogP) is 5.58. The summed E-state index contributed by atoms with van der Waals surface area (Å²) in [6.45, 7) is 4.13. The zero-order valence-electron chi connectivity index (χ0n) is 15.5. The third kappa shape index (κ3) is 12.9. The van der Waals surface area contributed by atoms with Gasteiger partial charge in [-0.2, -0.15) is 0 Å². The first-order valence-electron chi connectivity index (χ1n) is 9.40. The van der Waals surface area contributed by atoms with Gasteiger partial charge in [0.15, 0.2) is 0 Å². The largest absolute Gasteiger partial charge is 0.504 e. The highest BCUT2D eigenvalue weighted by molar-refractivity contribution is 7.48. The van der Waals surface area contributed by atoms with Gasteiger partial charge in [0.05, 0.1) is 12.7 Å². The zero-order chi connectivity index (χ0) is 18.2. The molecule has 25 heavy (non-hydrogen) atoms. The second kappa shape index (κ2) is 15.1. The average molecular weight is 384 g/mol. The van der Waals surface area contributed by atoms with Crippen LogP contribution in [-0.4, -0.2) is 19.3 Å². The zero-order valence-corrected chi connectivity index (χ0v) is 16.4. The molecule has 0 aromatic heterocycles. The molecule has 0 aromatic rings. The van der Waals surface area contributed by atoms with Crippen LogP contribution in [-0.2, 0) is 38.3 Å². The van der Waals surface area contributed by atoms with E-state index in [0.717, 1.165) is 19.3 Å². The lowest BCUT2D eigenvalue weighted by molar-refractivity contribution is -0.692. The van der Waals surface area contributed by atoms with Crippen molar-refractivity contribution < 1.29 is 38.3 Å². The lowest BCUT2D eigenvalue weighted by Crippen LogP contribution is -2.14. The molecule has 0 N–H and O–H groups in total. The number of hydrogen-bond acceptors (Lipinski definition) is 8. The smallest absolute Gasteiger partial charge is 0.285 e. The van der Waals surface area contributed by atoms with Gasteiger partial charge >= 0.3 is 7.82 Å². The van der Waals surface area contributed by atoms with E-state index in [1.165, 1.54) is 51.4 Å². The maximum atomic E-state index is 12.3. The summed E-state index contributed by atoms with van der Waals surface area (Å²) < 4.78 is 27.1. The van der Waals surface area contributed by atoms with Gasteiger partial charge in [0, 0.05) is 0 Å². The molecule has 1 rings (SSSR count). The summed E-state index contributed by atoms with van der Waals surface area (Å²) in [6, 6.07) is 0. The molecule has 9 heteroatoms. The molecule has 0 aliphatic carbocycles. The Kier molecular flexibility index (Phi) is 13.8. The summed E-state index contributed by atoms with van der Waals surface area (Å²) >= 11 is 0. The van der Waals surface area contributed by atoms with Gasteiger partial charge < -0.3 is 0 Å². The van der Waals surface area contributed by atoms with E-state index < -0.39 is 13.9 Å². The first-order valence-corrected chi connectivity index (χ1v) is 10.9. The van der Waals surface area contributed by atoms with Gasteiger partial charge in [-0.05, 0) is 28.5 Å². The molecule has 0 bridgehead atoms. The van der Waals surface area contributed by atoms with Crippen molar-refractivity contribution in [1.29, 1.82) is 0 Å². The lowest BCUT2D eigenvalue weighted by atomic mass is 10.1. The Morgan fingerprint density at radius 3 is 2.12 bits per heavy atom. The quantitative estimate of drug-likeness (QED) is 0.231. The van der Waals surface area contributed by atoms with Gasteiger partial charge in [0.25, 0.3) is 0 Å². The van der Waals surface area contributed by atoms with Gasteiger partial charge in [-0.1, -0.05) is 75.8 Å². The molecule has 2 unspecified atom stereocenters. The van der Waals surface area contributed by atoms with Crippen molar-refractivity contribution >= 4 is 7.82 Å². The highest BCUT2D eigenvalue weighted by Gasteiger charge is 2.33. The molecule has 8 nitrogen and oxygen atoms in total. The first kappa shape index (κ1) is 23.0. The Morgan fingerprint density at radius 1 is 0.880 bits per heavy atom. The molecule has 0 saturated carbocycles. The molecule has 1 aliphatic rings. The molecular weight excluding hydrogens is 351 g/mol. The van der Waals surface area contributed by atoms with Crippen LogP contribution in [0.3, 0.4) is 0 Å². The monoisotopic (exact) mass is 384 g/mol. The summed E-state index contributed by atoms with van der Waals surface area (Å²) in [7, 11) is -3.86. The number of phosphoric acid groups is 1. The van der Waals surface area contributed by atoms with Crippen molar-refractivity contribution in [3.63, 3.8) is 0 Å². The van der Waals surface area contributed by atoms with Crippen LogP contribution in [0, 0.1) is 0 Å². The third-order valence-corrected chi connectivity index (χ3v) is 5.19. The van der Waals surface area contributed by atoms with Crippen LogP contribution >= 0.6 is 7.82 Å². The Hall–Kier alpha value is -0.0500. The Morgan fingerprint density at radius 2 is 1.48 bits per heavy atom. The van der Waals surface area contributed by atoms with Crippen molar-refractivity contribution in [1.82, 2.24) is 0 Å². The van der Waals surface area contributed by atoms with Crippen molar-refractivity contribution in [3.8, 4) is 0 Å². The predicted molar refractivity (Wildman–Crippen MR) is 90.9 cm³/mol. The van der Waals surface area contributed by atoms with E-state index in [2.05, 4.69) is 31.6 Å². The fourth-order valence-electron chi connectivity index (χ4n) is 2.47. The summed E-state index contributed by atoms with van der Waals surface area (Å²) in [5.41, 5.74) is 0. The summed E-state index contributed by atoms with van der Waals surface area (Å²) in [5, 5.41) is 12.3. The third-order valence-electron chi connectivity index (χ3n) is 3.83. The standard InChI is InChI=1S/C16H33O8P/c1-3-4-5-6-7-8-9-10-11-12-13-14-19-25(17)20-16(2)15-18-21-22-23-24-25/h16H,3-15H2,1-2H3. The van der Waals surface area contributed by atoms with Crippen LogP contribution in [0.1, 0.15) is 84.5 Å².